The van der Waals surface area contributed by atoms with Gasteiger partial charge < -0.3 is 81.2 Å². The Kier molecular flexibility index (Phi) is 14.5. The summed E-state index contributed by atoms with van der Waals surface area (Å²) in [6.07, 6.45) is -16.5. The lowest BCUT2D eigenvalue weighted by atomic mass is 10.0. The molecule has 1 fully saturated rings. The van der Waals surface area contributed by atoms with Crippen LogP contribution in [0.3, 0.4) is 0 Å². The summed E-state index contributed by atoms with van der Waals surface area (Å²) in [4.78, 5) is 64.1. The lowest BCUT2D eigenvalue weighted by Crippen LogP contribution is -2.47. The van der Waals surface area contributed by atoms with E-state index < -0.39 is 132 Å². The SMILES string of the molecule is Cc1cc2c(cc1C)[N+](=C[C@H](O)[C@@H](O)[C@@H](O)C(=O)CO)c1c(nc([O-])[nH]c1=O)N2C[C@H](O)[C@H](O)[C@H](O)COP(=O)(O)OP(=O)(O)OC[C@H]1O[C@@H](n2cnc3c(N)ncnc32)[C@H](O)[C@@H]1O. The molecular formula is C33H43N9O20P2. The van der Waals surface area contributed by atoms with Crippen LogP contribution >= 0.6 is 15.6 Å². The summed E-state index contributed by atoms with van der Waals surface area (Å²) in [5, 5.41) is 107. The van der Waals surface area contributed by atoms with Crippen LogP contribution in [0, 0.1) is 13.8 Å². The van der Waals surface area contributed by atoms with Gasteiger partial charge in [0.15, 0.2) is 35.8 Å². The number of aliphatic hydroxyl groups is 9. The zero-order valence-corrected chi connectivity index (χ0v) is 35.0. The smallest absolute Gasteiger partial charge is 0.481 e. The van der Waals surface area contributed by atoms with Crippen LogP contribution in [0.25, 0.3) is 11.2 Å². The van der Waals surface area contributed by atoms with Gasteiger partial charge in [-0.05, 0) is 31.0 Å². The van der Waals surface area contributed by atoms with Gasteiger partial charge in [0.05, 0.1) is 32.1 Å². The number of imidazole rings is 1. The number of ketones is 1. The van der Waals surface area contributed by atoms with E-state index in [2.05, 4.69) is 28.8 Å². The number of benzene rings is 1. The third kappa shape index (κ3) is 10.1. The predicted octanol–water partition coefficient (Wildman–Crippen LogP) is -5.16. The van der Waals surface area contributed by atoms with Gasteiger partial charge in [-0.1, -0.05) is 0 Å². The average Bonchev–Trinajstić information content (AvgIpc) is 3.79. The molecule has 5 heterocycles. The first-order valence-corrected chi connectivity index (χ1v) is 21.6. The van der Waals surface area contributed by atoms with Gasteiger partial charge >= 0.3 is 26.9 Å². The number of phosphoric ester groups is 2. The second kappa shape index (κ2) is 19.0. The maximum Gasteiger partial charge on any atom is 0.481 e. The zero-order chi connectivity index (χ0) is 47.2. The summed E-state index contributed by atoms with van der Waals surface area (Å²) in [6.45, 7) is -1.03. The third-order valence-corrected chi connectivity index (χ3v) is 12.7. The van der Waals surface area contributed by atoms with Crippen molar-refractivity contribution in [2.24, 2.45) is 0 Å². The Hall–Kier alpha value is -4.75. The molecule has 31 heteroatoms. The number of carbonyl (C=O) groups is 1. The third-order valence-electron chi connectivity index (χ3n) is 10.1. The molecule has 0 bridgehead atoms. The summed E-state index contributed by atoms with van der Waals surface area (Å²) in [6, 6.07) is 1.76. The predicted molar refractivity (Wildman–Crippen MR) is 211 cm³/mol. The molecule has 12 atom stereocenters. The number of hydrogen-bond donors (Lipinski definition) is 13. The van der Waals surface area contributed by atoms with Crippen LogP contribution in [-0.2, 0) is 32.0 Å². The number of nitrogens with two attached hydrogens (primary N) is 1. The van der Waals surface area contributed by atoms with E-state index in [1.165, 1.54) is 23.0 Å². The number of nitrogens with zero attached hydrogens (tertiary/aromatic N) is 7. The van der Waals surface area contributed by atoms with Gasteiger partial charge in [0.1, 0.15) is 73.0 Å². The number of aromatic nitrogens is 6. The number of aromatic amines is 1. The Morgan fingerprint density at radius 1 is 1.02 bits per heavy atom. The van der Waals surface area contributed by atoms with E-state index in [9.17, 15) is 74.5 Å². The Labute approximate surface area is 358 Å². The van der Waals surface area contributed by atoms with Crippen molar-refractivity contribution < 1.29 is 92.9 Å². The van der Waals surface area contributed by atoms with Crippen LogP contribution in [0.2, 0.25) is 0 Å². The number of Topliss-reactive ketones (excluding diaryl/α,β-unsaturated/α-hetero) is 1. The maximum absolute atomic E-state index is 13.3. The first kappa shape index (κ1) is 48.7. The maximum atomic E-state index is 13.3. The number of aliphatic hydroxyl groups excluding tert-OH is 9. The van der Waals surface area contributed by atoms with Crippen LogP contribution in [0.4, 0.5) is 28.7 Å². The molecule has 0 spiro atoms. The van der Waals surface area contributed by atoms with E-state index >= 15 is 0 Å². The highest BCUT2D eigenvalue weighted by Crippen LogP contribution is 2.60. The largest absolute Gasteiger partial charge is 0.846 e. The number of carbonyl (C=O) groups excluding carboxylic acids is 1. The number of anilines is 3. The zero-order valence-electron chi connectivity index (χ0n) is 33.2. The van der Waals surface area contributed by atoms with Crippen LogP contribution in [0.1, 0.15) is 17.4 Å². The van der Waals surface area contributed by atoms with Crippen LogP contribution in [-0.4, -0.2) is 179 Å². The number of nitrogens with one attached hydrogen (secondary N) is 1. The second-order valence-corrected chi connectivity index (χ2v) is 17.6. The molecule has 64 heavy (non-hydrogen) atoms. The molecule has 0 amide bonds. The standard InChI is InChI=1S/C33H43N9O20P2/c1-12-3-14-15(4-13(12)2)41(30-22(31(53)39-33(54)38-30)40(14)5-17(45)24(49)25(50)18(46)7-43)6-16(44)23(48)19(47)8-59-63(55,56)62-64(57,58)60-9-20-26(51)27(52)32(61-20)42-11-37-21-28(34)35-10-36-29(21)42/h3-5,10-11,16-17,19-20,23-27,32,43-45,47-52H,6-9H2,1-2H3,(H5-,34,35,36,38,39,53,54,55,56,57,58)/t16-,17-,19+,20+,23-,24+,25-,26+,27+,32+/m0/s1. The average molecular weight is 948 g/mol. The Morgan fingerprint density at radius 3 is 2.38 bits per heavy atom. The minimum Gasteiger partial charge on any atom is -0.846 e. The van der Waals surface area contributed by atoms with E-state index in [0.29, 0.717) is 11.1 Å². The molecule has 4 aromatic rings. The molecule has 2 aliphatic rings. The fraction of sp³-hybridized carbons (Fsp3) is 0.485. The molecule has 6 rings (SSSR count). The fourth-order valence-electron chi connectivity index (χ4n) is 6.64. The summed E-state index contributed by atoms with van der Waals surface area (Å²) >= 11 is 0. The van der Waals surface area contributed by atoms with Gasteiger partial charge in [-0.15, -0.1) is 0 Å². The Bertz CT molecular complexity index is 2580. The number of ether oxygens (including phenoxy) is 1. The topological polar surface area (TPSA) is 455 Å². The first-order chi connectivity index (χ1) is 29.9. The lowest BCUT2D eigenvalue weighted by molar-refractivity contribution is -0.281. The summed E-state index contributed by atoms with van der Waals surface area (Å²) in [5.41, 5.74) is 5.60. The van der Waals surface area contributed by atoms with E-state index in [-0.39, 0.29) is 28.4 Å². The number of hydrogen-bond acceptors (Lipinski definition) is 24. The molecule has 1 aromatic carbocycles. The molecule has 14 N–H and O–H groups in total. The van der Waals surface area contributed by atoms with Gasteiger partial charge in [-0.3, -0.25) is 23.2 Å². The molecule has 0 aliphatic carbocycles. The van der Waals surface area contributed by atoms with Crippen molar-refractivity contribution in [3.8, 4) is 6.01 Å². The van der Waals surface area contributed by atoms with Crippen LogP contribution in [0.5, 0.6) is 6.01 Å². The molecule has 3 aromatic heterocycles. The summed E-state index contributed by atoms with van der Waals surface area (Å²) < 4.78 is 46.6. The molecular weight excluding hydrogens is 904 g/mol. The molecule has 2 unspecified atom stereocenters. The van der Waals surface area contributed by atoms with Gasteiger partial charge in [-0.25, -0.2) is 29.1 Å². The van der Waals surface area contributed by atoms with Crippen molar-refractivity contribution in [3.05, 3.63) is 46.3 Å². The van der Waals surface area contributed by atoms with E-state index in [0.717, 1.165) is 22.0 Å². The number of β-amino-alcohol motifs (C(OH)–C–C–N with tert-alkyl or cyclic N) is 1. The molecule has 2 aliphatic heterocycles. The van der Waals surface area contributed by atoms with Crippen molar-refractivity contribution in [2.75, 3.05) is 37.0 Å². The normalized spacial score (nSPS) is 24.0. The van der Waals surface area contributed by atoms with Crippen molar-refractivity contribution in [1.82, 2.24) is 34.1 Å². The van der Waals surface area contributed by atoms with Crippen LogP contribution in [0.15, 0.2) is 29.6 Å². The monoisotopic (exact) mass is 947 g/mol. The summed E-state index contributed by atoms with van der Waals surface area (Å²) in [5.74, 6) is -1.74. The molecule has 350 valence electrons. The van der Waals surface area contributed by atoms with E-state index in [1.807, 2.05) is 4.98 Å². The van der Waals surface area contributed by atoms with Crippen LogP contribution < -0.4 is 25.9 Å². The van der Waals surface area contributed by atoms with Gasteiger partial charge in [0.2, 0.25) is 11.5 Å². The molecule has 0 radical (unpaired) electrons. The number of aryl methyl sites for hydroxylation is 2. The number of nitrogen functional groups attached to an aromatic ring is 1. The van der Waals surface area contributed by atoms with Gasteiger partial charge in [0, 0.05) is 6.07 Å². The fourth-order valence-corrected chi connectivity index (χ4v) is 8.74. The Morgan fingerprint density at radius 2 is 1.69 bits per heavy atom. The van der Waals surface area contributed by atoms with E-state index in [1.54, 1.807) is 13.8 Å². The number of rotatable bonds is 18. The number of H-pyrrole nitrogens is 1. The van der Waals surface area contributed by atoms with E-state index in [4.69, 9.17) is 20.1 Å². The molecule has 0 saturated carbocycles. The Balaban J connectivity index is 1.12. The molecule has 1 saturated heterocycles. The number of fused-ring (bicyclic) bond motifs is 3. The van der Waals surface area contributed by atoms with Crippen molar-refractivity contribution >= 4 is 67.5 Å². The second-order valence-electron chi connectivity index (χ2n) is 14.5. The summed E-state index contributed by atoms with van der Waals surface area (Å²) in [7, 11) is -11.2. The highest BCUT2D eigenvalue weighted by molar-refractivity contribution is 7.61. The van der Waals surface area contributed by atoms with Crippen molar-refractivity contribution in [1.29, 1.82) is 0 Å². The highest BCUT2D eigenvalue weighted by atomic mass is 31.3. The number of phosphoric acid groups is 2. The quantitative estimate of drug-likeness (QED) is 0.0328. The first-order valence-electron chi connectivity index (χ1n) is 18.6. The van der Waals surface area contributed by atoms with Gasteiger partial charge in [-0.2, -0.15) is 8.89 Å². The minimum atomic E-state index is -5.66. The highest BCUT2D eigenvalue weighted by Gasteiger charge is 2.47. The van der Waals surface area contributed by atoms with Crippen molar-refractivity contribution in [2.45, 2.75) is 75.0 Å². The minimum absolute atomic E-state index is 0.00134. The molecule has 29 nitrogen and oxygen atoms in total. The van der Waals surface area contributed by atoms with Gasteiger partial charge in [0.25, 0.3) is 0 Å². The lowest BCUT2D eigenvalue weighted by Gasteiger charge is -2.33. The van der Waals surface area contributed by atoms with Crippen molar-refractivity contribution in [3.63, 3.8) is 0 Å².